The fourth-order valence-electron chi connectivity index (χ4n) is 2.46. The summed E-state index contributed by atoms with van der Waals surface area (Å²) in [6.07, 6.45) is 0. The van der Waals surface area contributed by atoms with E-state index in [1.54, 1.807) is 24.3 Å². The summed E-state index contributed by atoms with van der Waals surface area (Å²) in [6.45, 7) is -0.229. The SMILES string of the molecule is O=S(=O)(c1ccc(F)cc1)N(Cc1ccccc1F)c1cccc(Cl)c1. The first kappa shape index (κ1) is 18.4. The maximum atomic E-state index is 14.1. The van der Waals surface area contributed by atoms with Crippen molar-refractivity contribution in [1.29, 1.82) is 0 Å². The second kappa shape index (κ2) is 7.43. The third kappa shape index (κ3) is 3.86. The van der Waals surface area contributed by atoms with E-state index < -0.39 is 21.7 Å². The van der Waals surface area contributed by atoms with E-state index in [1.807, 2.05) is 0 Å². The zero-order valence-corrected chi connectivity index (χ0v) is 15.0. The summed E-state index contributed by atoms with van der Waals surface area (Å²) in [5.41, 5.74) is 0.489. The molecule has 3 aromatic carbocycles. The Morgan fingerprint density at radius 2 is 1.58 bits per heavy atom. The fraction of sp³-hybridized carbons (Fsp3) is 0.0526. The van der Waals surface area contributed by atoms with Crippen LogP contribution in [-0.2, 0) is 16.6 Å². The van der Waals surface area contributed by atoms with E-state index >= 15 is 0 Å². The normalized spacial score (nSPS) is 11.3. The highest BCUT2D eigenvalue weighted by Crippen LogP contribution is 2.28. The number of hydrogen-bond donors (Lipinski definition) is 0. The lowest BCUT2D eigenvalue weighted by Gasteiger charge is -2.25. The van der Waals surface area contributed by atoms with Crippen molar-refractivity contribution in [1.82, 2.24) is 0 Å². The Morgan fingerprint density at radius 1 is 0.885 bits per heavy atom. The molecular formula is C19H14ClF2NO2S. The maximum absolute atomic E-state index is 14.1. The van der Waals surface area contributed by atoms with Gasteiger partial charge in [-0.2, -0.15) is 0 Å². The Morgan fingerprint density at radius 3 is 2.23 bits per heavy atom. The molecule has 26 heavy (non-hydrogen) atoms. The summed E-state index contributed by atoms with van der Waals surface area (Å²) in [7, 11) is -4.06. The van der Waals surface area contributed by atoms with Gasteiger partial charge in [0.15, 0.2) is 0 Å². The number of rotatable bonds is 5. The number of sulfonamides is 1. The average Bonchev–Trinajstić information content (AvgIpc) is 2.61. The van der Waals surface area contributed by atoms with Crippen LogP contribution in [0.15, 0.2) is 77.7 Å². The van der Waals surface area contributed by atoms with E-state index in [0.717, 1.165) is 16.4 Å². The van der Waals surface area contributed by atoms with Crippen molar-refractivity contribution >= 4 is 27.3 Å². The molecule has 0 amide bonds. The summed E-state index contributed by atoms with van der Waals surface area (Å²) in [6, 6.07) is 16.6. The van der Waals surface area contributed by atoms with E-state index in [0.29, 0.717) is 5.02 Å². The van der Waals surface area contributed by atoms with Crippen molar-refractivity contribution in [2.45, 2.75) is 11.4 Å². The molecule has 0 bridgehead atoms. The molecular weight excluding hydrogens is 380 g/mol. The first-order valence-electron chi connectivity index (χ1n) is 7.65. The first-order valence-corrected chi connectivity index (χ1v) is 9.47. The molecule has 0 saturated heterocycles. The number of anilines is 1. The Hall–Kier alpha value is -2.44. The second-order valence-electron chi connectivity index (χ2n) is 5.54. The molecule has 0 heterocycles. The van der Waals surface area contributed by atoms with Crippen molar-refractivity contribution in [2.24, 2.45) is 0 Å². The van der Waals surface area contributed by atoms with Crippen LogP contribution < -0.4 is 4.31 Å². The minimum Gasteiger partial charge on any atom is -0.262 e. The standard InChI is InChI=1S/C19H14ClF2NO2S/c20-15-5-3-6-17(12-15)23(13-14-4-1-2-7-19(14)22)26(24,25)18-10-8-16(21)9-11-18/h1-12H,13H2. The zero-order valence-electron chi connectivity index (χ0n) is 13.4. The van der Waals surface area contributed by atoms with Crippen molar-refractivity contribution in [3.63, 3.8) is 0 Å². The van der Waals surface area contributed by atoms with Crippen LogP contribution in [0, 0.1) is 11.6 Å². The minimum atomic E-state index is -4.06. The van der Waals surface area contributed by atoms with Gasteiger partial charge in [0.25, 0.3) is 10.0 Å². The van der Waals surface area contributed by atoms with Crippen LogP contribution in [0.3, 0.4) is 0 Å². The van der Waals surface area contributed by atoms with Crippen LogP contribution >= 0.6 is 11.6 Å². The molecule has 3 aromatic rings. The molecule has 0 saturated carbocycles. The molecule has 0 N–H and O–H groups in total. The van der Waals surface area contributed by atoms with E-state index in [9.17, 15) is 17.2 Å². The lowest BCUT2D eigenvalue weighted by Crippen LogP contribution is -2.31. The van der Waals surface area contributed by atoms with Gasteiger partial charge >= 0.3 is 0 Å². The number of benzene rings is 3. The van der Waals surface area contributed by atoms with Crippen LogP contribution in [-0.4, -0.2) is 8.42 Å². The first-order chi connectivity index (χ1) is 12.4. The summed E-state index contributed by atoms with van der Waals surface area (Å²) in [5, 5.41) is 0.343. The molecule has 0 radical (unpaired) electrons. The predicted octanol–water partition coefficient (Wildman–Crippen LogP) is 5.01. The Balaban J connectivity index is 2.11. The number of nitrogens with zero attached hydrogens (tertiary/aromatic N) is 1. The molecule has 0 aromatic heterocycles. The number of halogens is 3. The molecule has 0 aliphatic rings. The molecule has 0 aliphatic carbocycles. The van der Waals surface area contributed by atoms with Gasteiger partial charge in [-0.05, 0) is 48.5 Å². The van der Waals surface area contributed by atoms with Gasteiger partial charge in [-0.15, -0.1) is 0 Å². The Kier molecular flexibility index (Phi) is 5.25. The molecule has 0 aliphatic heterocycles. The van der Waals surface area contributed by atoms with Crippen LogP contribution in [0.25, 0.3) is 0 Å². The van der Waals surface area contributed by atoms with E-state index in [1.165, 1.54) is 36.4 Å². The van der Waals surface area contributed by atoms with Gasteiger partial charge in [0.2, 0.25) is 0 Å². The van der Waals surface area contributed by atoms with Gasteiger partial charge in [0, 0.05) is 10.6 Å². The summed E-state index contributed by atoms with van der Waals surface area (Å²) >= 11 is 5.99. The third-order valence-corrected chi connectivity index (χ3v) is 5.79. The zero-order chi connectivity index (χ0) is 18.7. The third-order valence-electron chi connectivity index (χ3n) is 3.77. The van der Waals surface area contributed by atoms with Crippen molar-refractivity contribution in [3.8, 4) is 0 Å². The van der Waals surface area contributed by atoms with E-state index in [-0.39, 0.29) is 22.7 Å². The predicted molar refractivity (Wildman–Crippen MR) is 97.6 cm³/mol. The molecule has 7 heteroatoms. The van der Waals surface area contributed by atoms with Crippen LogP contribution in [0.5, 0.6) is 0 Å². The summed E-state index contributed by atoms with van der Waals surface area (Å²) < 4.78 is 54.5. The molecule has 134 valence electrons. The second-order valence-corrected chi connectivity index (χ2v) is 7.84. The van der Waals surface area contributed by atoms with Crippen LogP contribution in [0.1, 0.15) is 5.56 Å². The Labute approximate surface area is 155 Å². The van der Waals surface area contributed by atoms with E-state index in [2.05, 4.69) is 0 Å². The molecule has 3 rings (SSSR count). The molecule has 0 atom stereocenters. The summed E-state index contributed by atoms with van der Waals surface area (Å²) in [4.78, 5) is -0.102. The lowest BCUT2D eigenvalue weighted by molar-refractivity contribution is 0.584. The fourth-order valence-corrected chi connectivity index (χ4v) is 4.08. The number of hydrogen-bond acceptors (Lipinski definition) is 2. The highest BCUT2D eigenvalue weighted by atomic mass is 35.5. The smallest absolute Gasteiger partial charge is 0.262 e. The van der Waals surface area contributed by atoms with Gasteiger partial charge in [0.1, 0.15) is 11.6 Å². The lowest BCUT2D eigenvalue weighted by atomic mass is 10.2. The van der Waals surface area contributed by atoms with E-state index in [4.69, 9.17) is 11.6 Å². The quantitative estimate of drug-likeness (QED) is 0.610. The van der Waals surface area contributed by atoms with Crippen LogP contribution in [0.4, 0.5) is 14.5 Å². The largest absolute Gasteiger partial charge is 0.264 e. The molecule has 3 nitrogen and oxygen atoms in total. The molecule has 0 fully saturated rings. The molecule has 0 spiro atoms. The highest BCUT2D eigenvalue weighted by molar-refractivity contribution is 7.92. The maximum Gasteiger partial charge on any atom is 0.264 e. The van der Waals surface area contributed by atoms with Gasteiger partial charge in [-0.25, -0.2) is 17.2 Å². The van der Waals surface area contributed by atoms with Crippen molar-refractivity contribution < 1.29 is 17.2 Å². The monoisotopic (exact) mass is 393 g/mol. The minimum absolute atomic E-state index is 0.102. The van der Waals surface area contributed by atoms with Gasteiger partial charge in [-0.1, -0.05) is 35.9 Å². The topological polar surface area (TPSA) is 37.4 Å². The summed E-state index contributed by atoms with van der Waals surface area (Å²) in [5.74, 6) is -1.07. The van der Waals surface area contributed by atoms with Crippen molar-refractivity contribution in [2.75, 3.05) is 4.31 Å². The van der Waals surface area contributed by atoms with Gasteiger partial charge in [-0.3, -0.25) is 4.31 Å². The van der Waals surface area contributed by atoms with Gasteiger partial charge in [0.05, 0.1) is 17.1 Å². The molecule has 0 unspecified atom stereocenters. The van der Waals surface area contributed by atoms with Crippen molar-refractivity contribution in [3.05, 3.63) is 95.0 Å². The highest BCUT2D eigenvalue weighted by Gasteiger charge is 2.26. The average molecular weight is 394 g/mol. The Bertz CT molecular complexity index is 1020. The van der Waals surface area contributed by atoms with Gasteiger partial charge < -0.3 is 0 Å². The van der Waals surface area contributed by atoms with Crippen LogP contribution in [0.2, 0.25) is 5.02 Å².